The Labute approximate surface area is 79.4 Å². The molecule has 1 aliphatic rings. The minimum absolute atomic E-state index is 0.509. The normalized spacial score (nSPS) is 29.2. The van der Waals surface area contributed by atoms with Gasteiger partial charge in [-0.25, -0.2) is 0 Å². The van der Waals surface area contributed by atoms with Gasteiger partial charge in [-0.1, -0.05) is 4.86 Å². The largest absolute Gasteiger partial charge is 0.408 e. The van der Waals surface area contributed by atoms with Crippen LogP contribution in [0.4, 0.5) is 0 Å². The number of hydrogen-bond acceptors (Lipinski definition) is 3. The van der Waals surface area contributed by atoms with E-state index in [-0.39, 0.29) is 0 Å². The van der Waals surface area contributed by atoms with Gasteiger partial charge < -0.3 is 0 Å². The summed E-state index contributed by atoms with van der Waals surface area (Å²) in [7, 11) is 0.509. The fourth-order valence-corrected chi connectivity index (χ4v) is 9.80. The summed E-state index contributed by atoms with van der Waals surface area (Å²) in [5, 5.41) is 0. The second-order valence-corrected chi connectivity index (χ2v) is 12.4. The Morgan fingerprint density at radius 2 is 2.00 bits per heavy atom. The topological polar surface area (TPSA) is 36.8 Å². The van der Waals surface area contributed by atoms with E-state index in [4.69, 9.17) is 45.0 Å². The van der Waals surface area contributed by atoms with Crippen LogP contribution in [0, 0.1) is 0 Å². The molecule has 58 valence electrons. The molecule has 0 amide bonds. The number of nitrogens with one attached hydrogen (secondary N) is 1. The van der Waals surface area contributed by atoms with Gasteiger partial charge in [-0.2, -0.15) is 4.52 Å². The van der Waals surface area contributed by atoms with Crippen LogP contribution in [0.25, 0.3) is 0 Å². The third-order valence-corrected chi connectivity index (χ3v) is 9.85. The van der Waals surface area contributed by atoms with Gasteiger partial charge in [-0.05, 0) is 27.0 Å². The Balaban J connectivity index is 2.97. The van der Waals surface area contributed by atoms with Crippen molar-refractivity contribution >= 4 is 65.7 Å². The first-order valence-electron chi connectivity index (χ1n) is 1.92. The van der Waals surface area contributed by atoms with E-state index >= 15 is 0 Å². The summed E-state index contributed by atoms with van der Waals surface area (Å²) < 4.78 is 7.50. The summed E-state index contributed by atoms with van der Waals surface area (Å²) in [5.74, 6) is -2.55. The highest BCUT2D eigenvalue weighted by atomic mass is 35.9. The summed E-state index contributed by atoms with van der Waals surface area (Å²) in [5.41, 5.74) is 0. The molecule has 1 heterocycles. The van der Waals surface area contributed by atoms with E-state index in [1.807, 2.05) is 0 Å². The van der Waals surface area contributed by atoms with E-state index in [1.54, 1.807) is 0 Å². The summed E-state index contributed by atoms with van der Waals surface area (Å²) in [6.07, 6.45) is -2.46. The number of nitrogens with zero attached hydrogens (tertiary/aromatic N) is 2. The highest BCUT2D eigenvalue weighted by molar-refractivity contribution is 8.23. The van der Waals surface area contributed by atoms with Crippen LogP contribution in [0.5, 0.6) is 0 Å². The van der Waals surface area contributed by atoms with Crippen LogP contribution in [-0.2, 0) is 0 Å². The Morgan fingerprint density at radius 1 is 1.40 bits per heavy atom. The van der Waals surface area contributed by atoms with Crippen LogP contribution in [0.15, 0.2) is 9.03 Å². The number of halogens is 4. The Kier molecular flexibility index (Phi) is 3.31. The number of rotatable bonds is 0. The predicted octanol–water partition coefficient (Wildman–Crippen LogP) is 5.21. The molecule has 0 aromatic carbocycles. The van der Waals surface area contributed by atoms with Crippen LogP contribution >= 0.6 is 65.7 Å². The molecule has 10 heteroatoms. The third kappa shape index (κ3) is 3.09. The Hall–Kier alpha value is 1.88. The van der Waals surface area contributed by atoms with Crippen LogP contribution in [0.2, 0.25) is 0 Å². The molecular weight excluding hydrogens is 277 g/mol. The maximum Gasteiger partial charge on any atom is 0.408 e. The molecule has 0 aromatic heterocycles. The average molecular weight is 278 g/mol. The molecule has 0 saturated heterocycles. The van der Waals surface area contributed by atoms with Crippen molar-refractivity contribution in [2.45, 2.75) is 0 Å². The smallest absolute Gasteiger partial charge is 0.177 e. The van der Waals surface area contributed by atoms with Crippen LogP contribution in [0.3, 0.4) is 0 Å². The van der Waals surface area contributed by atoms with Gasteiger partial charge >= 0.3 is 6.27 Å². The van der Waals surface area contributed by atoms with Crippen LogP contribution < -0.4 is 4.86 Å². The lowest BCUT2D eigenvalue weighted by molar-refractivity contribution is 1.62. The highest BCUT2D eigenvalue weighted by Crippen LogP contribution is 2.81. The quantitative estimate of drug-likeness (QED) is 0.606. The standard InChI is InChI=1S/Cl4HN3P3/c1-9(2)5-8-6-10(3,4)7-9/h(H,5,6)/q+1. The van der Waals surface area contributed by atoms with E-state index in [2.05, 4.69) is 13.9 Å². The molecule has 3 nitrogen and oxygen atoms in total. The van der Waals surface area contributed by atoms with Crippen LogP contribution in [-0.4, -0.2) is 0 Å². The molecule has 0 radical (unpaired) electrons. The predicted molar refractivity (Wildman–Crippen MR) is 52.2 cm³/mol. The van der Waals surface area contributed by atoms with Crippen molar-refractivity contribution in [3.63, 3.8) is 0 Å². The monoisotopic (exact) mass is 276 g/mol. The first-order valence-corrected chi connectivity index (χ1v) is 9.83. The zero-order valence-electron chi connectivity index (χ0n) is 4.25. The average Bonchev–Trinajstić information content (AvgIpc) is 1.56. The van der Waals surface area contributed by atoms with Crippen molar-refractivity contribution in [1.82, 2.24) is 4.86 Å². The molecule has 1 N–H and O–H groups in total. The van der Waals surface area contributed by atoms with E-state index < -0.39 is 12.2 Å². The molecule has 0 aromatic rings. The van der Waals surface area contributed by atoms with Gasteiger partial charge in [0.25, 0.3) is 5.91 Å². The van der Waals surface area contributed by atoms with Gasteiger partial charge in [0.05, 0.1) is 0 Å². The van der Waals surface area contributed by atoms with Crippen molar-refractivity contribution in [2.75, 3.05) is 0 Å². The van der Waals surface area contributed by atoms with Crippen molar-refractivity contribution < 1.29 is 0 Å². The second kappa shape index (κ2) is 3.32. The Morgan fingerprint density at radius 3 is 2.30 bits per heavy atom. The van der Waals surface area contributed by atoms with Crippen molar-refractivity contribution in [3.05, 3.63) is 0 Å². The summed E-state index contributed by atoms with van der Waals surface area (Å²) in [6.45, 7) is 0. The lowest BCUT2D eigenvalue weighted by Crippen LogP contribution is -1.89. The SMILES string of the molecule is ClP1(Cl)=N[P+](Cl)(Cl)NP=N1. The minimum atomic E-state index is -2.55. The van der Waals surface area contributed by atoms with Gasteiger partial charge in [0.1, 0.15) is 8.52 Å². The molecule has 0 aliphatic carbocycles. The maximum atomic E-state index is 5.65. The number of hydrogen-bond donors (Lipinski definition) is 1. The first kappa shape index (κ1) is 9.96. The first-order chi connectivity index (χ1) is 4.41. The zero-order chi connectivity index (χ0) is 7.83. The van der Waals surface area contributed by atoms with Crippen molar-refractivity contribution in [1.29, 1.82) is 0 Å². The summed E-state index contributed by atoms with van der Waals surface area (Å²) >= 11 is 22.5. The molecule has 0 atom stereocenters. The molecule has 1 aliphatic heterocycles. The maximum absolute atomic E-state index is 5.65. The van der Waals surface area contributed by atoms with Crippen LogP contribution in [0.1, 0.15) is 0 Å². The summed E-state index contributed by atoms with van der Waals surface area (Å²) in [4.78, 5) is 2.65. The molecule has 0 bridgehead atoms. The molecule has 10 heavy (non-hydrogen) atoms. The van der Waals surface area contributed by atoms with Gasteiger partial charge in [0.2, 0.25) is 0 Å². The molecule has 0 fully saturated rings. The van der Waals surface area contributed by atoms with Gasteiger partial charge in [0, 0.05) is 0 Å². The second-order valence-electron chi connectivity index (χ2n) is 1.32. The minimum Gasteiger partial charge on any atom is -0.177 e. The van der Waals surface area contributed by atoms with Gasteiger partial charge in [0.15, 0.2) is 22.5 Å². The highest BCUT2D eigenvalue weighted by Gasteiger charge is 2.41. The van der Waals surface area contributed by atoms with E-state index in [0.29, 0.717) is 8.52 Å². The molecule has 0 saturated carbocycles. The van der Waals surface area contributed by atoms with Gasteiger partial charge in [-0.15, -0.1) is 0 Å². The molecule has 1 rings (SSSR count). The third-order valence-electron chi connectivity index (χ3n) is 0.537. The Bertz CT molecular complexity index is 214. The van der Waals surface area contributed by atoms with E-state index in [1.165, 1.54) is 0 Å². The molecular formula is HCl4N3P3+. The van der Waals surface area contributed by atoms with E-state index in [9.17, 15) is 0 Å². The lowest BCUT2D eigenvalue weighted by Gasteiger charge is -2.07. The van der Waals surface area contributed by atoms with Crippen molar-refractivity contribution in [3.8, 4) is 0 Å². The van der Waals surface area contributed by atoms with E-state index in [0.717, 1.165) is 0 Å². The van der Waals surface area contributed by atoms with Gasteiger partial charge in [-0.3, -0.25) is 0 Å². The zero-order valence-corrected chi connectivity index (χ0v) is 9.95. The molecule has 0 spiro atoms. The van der Waals surface area contributed by atoms with Crippen molar-refractivity contribution in [2.24, 2.45) is 9.03 Å². The lowest BCUT2D eigenvalue weighted by atomic mass is 13.8. The molecule has 0 unspecified atom stereocenters. The fraction of sp³-hybridized carbons (Fsp3) is 0. The summed E-state index contributed by atoms with van der Waals surface area (Å²) in [6, 6.07) is 0. The fourth-order valence-electron chi connectivity index (χ4n) is 0.301.